The maximum Gasteiger partial charge on any atom is 0.271 e. The van der Waals surface area contributed by atoms with Crippen molar-refractivity contribution >= 4 is 41.2 Å². The Labute approximate surface area is 180 Å². The number of nitrogens with zero attached hydrogens (tertiary/aromatic N) is 5. The van der Waals surface area contributed by atoms with Crippen LogP contribution in [0, 0.1) is 10.1 Å². The second kappa shape index (κ2) is 10.1. The van der Waals surface area contributed by atoms with Crippen LogP contribution in [0.3, 0.4) is 0 Å². The van der Waals surface area contributed by atoms with E-state index in [1.54, 1.807) is 25.5 Å². The Balaban J connectivity index is 1.55. The number of benzene rings is 2. The molecule has 0 aliphatic rings. The molecule has 160 valence electrons. The number of anilines is 2. The number of methoxy groups -OCH3 is 1. The van der Waals surface area contributed by atoms with Gasteiger partial charge in [0.25, 0.3) is 11.6 Å². The molecule has 1 aromatic heterocycles. The Morgan fingerprint density at radius 1 is 1.32 bits per heavy atom. The first kappa shape index (κ1) is 21.6. The van der Waals surface area contributed by atoms with Gasteiger partial charge in [-0.3, -0.25) is 14.9 Å². The third kappa shape index (κ3) is 5.70. The van der Waals surface area contributed by atoms with E-state index in [1.807, 2.05) is 18.2 Å². The lowest BCUT2D eigenvalue weighted by Crippen LogP contribution is -2.17. The zero-order valence-corrected chi connectivity index (χ0v) is 17.1. The number of hydrogen-bond donors (Lipinski definition) is 3. The summed E-state index contributed by atoms with van der Waals surface area (Å²) in [7, 11) is 1.56. The van der Waals surface area contributed by atoms with Gasteiger partial charge in [0.15, 0.2) is 0 Å². The number of nitro groups is 1. The molecule has 0 bridgehead atoms. The largest absolute Gasteiger partial charge is 0.496 e. The fraction of sp³-hybridized carbons (Fsp3) is 0.111. The highest BCUT2D eigenvalue weighted by Gasteiger charge is 2.13. The van der Waals surface area contributed by atoms with Crippen molar-refractivity contribution in [2.75, 3.05) is 29.4 Å². The molecule has 0 unspecified atom stereocenters. The van der Waals surface area contributed by atoms with Gasteiger partial charge >= 0.3 is 0 Å². The number of hydrazone groups is 1. The molecule has 13 heteroatoms. The first-order valence-electron chi connectivity index (χ1n) is 8.77. The number of nitrogens with two attached hydrogens (primary N) is 1. The zero-order chi connectivity index (χ0) is 22.2. The molecule has 0 aliphatic heterocycles. The number of hydrogen-bond acceptors (Lipinski definition) is 10. The minimum atomic E-state index is -0.536. The lowest BCUT2D eigenvalue weighted by atomic mass is 10.2. The van der Waals surface area contributed by atoms with Crippen LogP contribution in [-0.2, 0) is 4.79 Å². The summed E-state index contributed by atoms with van der Waals surface area (Å²) in [6.07, 6.45) is 1.55. The first-order valence-corrected chi connectivity index (χ1v) is 9.76. The van der Waals surface area contributed by atoms with Crippen molar-refractivity contribution in [1.82, 2.24) is 14.9 Å². The van der Waals surface area contributed by atoms with E-state index in [0.717, 1.165) is 22.0 Å². The molecule has 0 atom stereocenters. The SMILES string of the molecule is COc1ccccc1/C=N/Nc1nnc(SCC(=O)Nc2cccc([N+](=O)[O-])c2)n1N. The normalized spacial score (nSPS) is 10.7. The highest BCUT2D eigenvalue weighted by atomic mass is 32.2. The predicted octanol–water partition coefficient (Wildman–Crippen LogP) is 2.09. The second-order valence-electron chi connectivity index (χ2n) is 5.93. The Hall–Kier alpha value is -4.13. The summed E-state index contributed by atoms with van der Waals surface area (Å²) < 4.78 is 6.40. The molecule has 0 fully saturated rings. The molecule has 0 aliphatic carbocycles. The molecule has 31 heavy (non-hydrogen) atoms. The molecule has 0 radical (unpaired) electrons. The van der Waals surface area contributed by atoms with E-state index in [2.05, 4.69) is 26.0 Å². The van der Waals surface area contributed by atoms with Crippen molar-refractivity contribution in [3.63, 3.8) is 0 Å². The van der Waals surface area contributed by atoms with Crippen LogP contribution in [0.15, 0.2) is 58.8 Å². The maximum atomic E-state index is 12.1. The monoisotopic (exact) mass is 442 g/mol. The smallest absolute Gasteiger partial charge is 0.271 e. The van der Waals surface area contributed by atoms with Crippen LogP contribution in [-0.4, -0.2) is 44.8 Å². The van der Waals surface area contributed by atoms with E-state index in [1.165, 1.54) is 18.2 Å². The number of carbonyl (C=O) groups excluding carboxylic acids is 1. The fourth-order valence-corrected chi connectivity index (χ4v) is 3.07. The van der Waals surface area contributed by atoms with E-state index in [9.17, 15) is 14.9 Å². The van der Waals surface area contributed by atoms with E-state index in [4.69, 9.17) is 10.6 Å². The van der Waals surface area contributed by atoms with Crippen LogP contribution < -0.4 is 21.3 Å². The number of amides is 1. The van der Waals surface area contributed by atoms with Gasteiger partial charge in [-0.15, -0.1) is 10.2 Å². The Bertz CT molecular complexity index is 1120. The topological polar surface area (TPSA) is 163 Å². The molecule has 2 aromatic carbocycles. The number of nitro benzene ring substituents is 1. The minimum Gasteiger partial charge on any atom is -0.496 e. The van der Waals surface area contributed by atoms with Crippen LogP contribution in [0.5, 0.6) is 5.75 Å². The Morgan fingerprint density at radius 2 is 2.13 bits per heavy atom. The summed E-state index contributed by atoms with van der Waals surface area (Å²) in [5, 5.41) is 25.5. The average molecular weight is 442 g/mol. The van der Waals surface area contributed by atoms with Crippen molar-refractivity contribution in [2.24, 2.45) is 5.10 Å². The van der Waals surface area contributed by atoms with Crippen LogP contribution in [0.4, 0.5) is 17.3 Å². The molecule has 3 aromatic rings. The summed E-state index contributed by atoms with van der Waals surface area (Å²) in [5.74, 6) is 6.37. The van der Waals surface area contributed by atoms with Gasteiger partial charge in [-0.05, 0) is 18.2 Å². The zero-order valence-electron chi connectivity index (χ0n) is 16.3. The highest BCUT2D eigenvalue weighted by molar-refractivity contribution is 7.99. The molecule has 0 spiro atoms. The number of nitrogens with one attached hydrogen (secondary N) is 2. The quantitative estimate of drug-likeness (QED) is 0.148. The summed E-state index contributed by atoms with van der Waals surface area (Å²) in [6, 6.07) is 13.0. The number of rotatable bonds is 9. The molecule has 3 rings (SSSR count). The van der Waals surface area contributed by atoms with E-state index in [0.29, 0.717) is 11.4 Å². The highest BCUT2D eigenvalue weighted by Crippen LogP contribution is 2.20. The van der Waals surface area contributed by atoms with Crippen LogP contribution in [0.2, 0.25) is 0 Å². The number of para-hydroxylation sites is 1. The van der Waals surface area contributed by atoms with Gasteiger partial charge < -0.3 is 15.9 Å². The Kier molecular flexibility index (Phi) is 7.01. The second-order valence-corrected chi connectivity index (χ2v) is 6.87. The lowest BCUT2D eigenvalue weighted by molar-refractivity contribution is -0.384. The standard InChI is InChI=1S/C18H18N8O4S/c1-30-15-8-3-2-5-12(15)10-20-22-17-23-24-18(25(17)19)31-11-16(27)21-13-6-4-7-14(9-13)26(28)29/h2-10H,11,19H2,1H3,(H,21,27)(H,22,23)/b20-10+. The van der Waals surface area contributed by atoms with Gasteiger partial charge in [0.2, 0.25) is 11.1 Å². The summed E-state index contributed by atoms with van der Waals surface area (Å²) in [6.45, 7) is 0. The van der Waals surface area contributed by atoms with Crippen molar-refractivity contribution < 1.29 is 14.5 Å². The maximum absolute atomic E-state index is 12.1. The lowest BCUT2D eigenvalue weighted by Gasteiger charge is -2.05. The molecule has 1 heterocycles. The van der Waals surface area contributed by atoms with Crippen LogP contribution in [0.1, 0.15) is 5.56 Å². The number of aromatic nitrogens is 3. The molecular formula is C18H18N8O4S. The molecule has 0 saturated carbocycles. The molecular weight excluding hydrogens is 424 g/mol. The van der Waals surface area contributed by atoms with Crippen molar-refractivity contribution in [2.45, 2.75) is 5.16 Å². The van der Waals surface area contributed by atoms with Gasteiger partial charge in [-0.25, -0.2) is 10.1 Å². The van der Waals surface area contributed by atoms with Gasteiger partial charge in [0.05, 0.1) is 24.0 Å². The van der Waals surface area contributed by atoms with E-state index in [-0.39, 0.29) is 28.5 Å². The fourth-order valence-electron chi connectivity index (χ4n) is 2.41. The minimum absolute atomic E-state index is 0.0253. The van der Waals surface area contributed by atoms with Crippen molar-refractivity contribution in [3.05, 3.63) is 64.2 Å². The summed E-state index contributed by atoms with van der Waals surface area (Å²) in [5.41, 5.74) is 3.64. The number of non-ortho nitro benzene ring substituents is 1. The molecule has 0 saturated heterocycles. The van der Waals surface area contributed by atoms with E-state index < -0.39 is 4.92 Å². The van der Waals surface area contributed by atoms with Crippen LogP contribution >= 0.6 is 11.8 Å². The Morgan fingerprint density at radius 3 is 2.90 bits per heavy atom. The number of ether oxygens (including phenoxy) is 1. The number of thioether (sulfide) groups is 1. The third-order valence-corrected chi connectivity index (χ3v) is 4.79. The third-order valence-electron chi connectivity index (χ3n) is 3.84. The van der Waals surface area contributed by atoms with E-state index >= 15 is 0 Å². The molecule has 1 amide bonds. The van der Waals surface area contributed by atoms with Gasteiger partial charge in [-0.1, -0.05) is 30.0 Å². The predicted molar refractivity (Wildman–Crippen MR) is 117 cm³/mol. The number of nitrogen functional groups attached to an aromatic ring is 1. The summed E-state index contributed by atoms with van der Waals surface area (Å²) in [4.78, 5) is 22.4. The van der Waals surface area contributed by atoms with Crippen LogP contribution in [0.25, 0.3) is 0 Å². The summed E-state index contributed by atoms with van der Waals surface area (Å²) >= 11 is 1.05. The molecule has 12 nitrogen and oxygen atoms in total. The average Bonchev–Trinajstić information content (AvgIpc) is 3.12. The van der Waals surface area contributed by atoms with Gasteiger partial charge in [0.1, 0.15) is 5.75 Å². The van der Waals surface area contributed by atoms with Crippen molar-refractivity contribution in [1.29, 1.82) is 0 Å². The first-order chi connectivity index (χ1) is 15.0. The molecule has 4 N–H and O–H groups in total. The number of carbonyl (C=O) groups is 1. The van der Waals surface area contributed by atoms with Gasteiger partial charge in [0, 0.05) is 23.4 Å². The van der Waals surface area contributed by atoms with Crippen molar-refractivity contribution in [3.8, 4) is 5.75 Å². The van der Waals surface area contributed by atoms with Gasteiger partial charge in [-0.2, -0.15) is 5.10 Å².